The van der Waals surface area contributed by atoms with Crippen LogP contribution in [0.25, 0.3) is 0 Å². The zero-order valence-electron chi connectivity index (χ0n) is 48.9. The van der Waals surface area contributed by atoms with Gasteiger partial charge in [-0.25, -0.2) is 0 Å². The number of carbonyl (C=O) groups excluding carboxylic acids is 3. The second kappa shape index (κ2) is 63.0. The van der Waals surface area contributed by atoms with Gasteiger partial charge in [0, 0.05) is 19.3 Å². The first-order valence-corrected chi connectivity index (χ1v) is 30.3. The van der Waals surface area contributed by atoms with Crippen LogP contribution in [0.1, 0.15) is 226 Å². The summed E-state index contributed by atoms with van der Waals surface area (Å²) in [5, 5.41) is 0. The van der Waals surface area contributed by atoms with Gasteiger partial charge in [0.2, 0.25) is 0 Å². The van der Waals surface area contributed by atoms with Crippen molar-refractivity contribution in [3.8, 4) is 0 Å². The third-order valence-corrected chi connectivity index (χ3v) is 11.9. The van der Waals surface area contributed by atoms with Crippen molar-refractivity contribution in [3.05, 3.63) is 182 Å². The summed E-state index contributed by atoms with van der Waals surface area (Å²) >= 11 is 0. The zero-order chi connectivity index (χ0) is 55.7. The molecule has 0 aliphatic carbocycles. The molecular weight excluding hydrogens is 949 g/mol. The summed E-state index contributed by atoms with van der Waals surface area (Å²) in [5.41, 5.74) is 0. The van der Waals surface area contributed by atoms with Crippen molar-refractivity contribution in [1.29, 1.82) is 0 Å². The van der Waals surface area contributed by atoms with E-state index in [1.807, 2.05) is 0 Å². The Morgan fingerprint density at radius 2 is 0.519 bits per heavy atom. The van der Waals surface area contributed by atoms with Crippen LogP contribution in [-0.2, 0) is 28.6 Å². The molecule has 0 fully saturated rings. The summed E-state index contributed by atoms with van der Waals surface area (Å²) in [7, 11) is 0. The number of allylic oxidation sites excluding steroid dienone is 30. The number of unbranched alkanes of at least 4 members (excludes halogenated alkanes) is 11. The lowest BCUT2D eigenvalue weighted by atomic mass is 10.1. The molecule has 0 aliphatic heterocycles. The number of carbonyl (C=O) groups is 3. The fourth-order valence-electron chi connectivity index (χ4n) is 7.45. The molecule has 1 unspecified atom stereocenters. The highest BCUT2D eigenvalue weighted by molar-refractivity contribution is 5.71. The Morgan fingerprint density at radius 1 is 0.273 bits per heavy atom. The van der Waals surface area contributed by atoms with Crippen molar-refractivity contribution in [2.45, 2.75) is 232 Å². The smallest absolute Gasteiger partial charge is 0.306 e. The molecule has 1 atom stereocenters. The highest BCUT2D eigenvalue weighted by Crippen LogP contribution is 2.12. The Balaban J connectivity index is 4.47. The lowest BCUT2D eigenvalue weighted by Crippen LogP contribution is -2.30. The van der Waals surface area contributed by atoms with E-state index in [0.717, 1.165) is 135 Å². The number of rotatable bonds is 52. The molecule has 0 aliphatic rings. The van der Waals surface area contributed by atoms with Crippen LogP contribution in [0.4, 0.5) is 0 Å². The van der Waals surface area contributed by atoms with Crippen LogP contribution in [-0.4, -0.2) is 37.2 Å². The van der Waals surface area contributed by atoms with Gasteiger partial charge in [0.1, 0.15) is 13.2 Å². The average Bonchev–Trinajstić information content (AvgIpc) is 3.43. The van der Waals surface area contributed by atoms with E-state index in [-0.39, 0.29) is 44.0 Å². The molecule has 0 N–H and O–H groups in total. The van der Waals surface area contributed by atoms with Crippen molar-refractivity contribution < 1.29 is 28.6 Å². The van der Waals surface area contributed by atoms with Gasteiger partial charge in [-0.3, -0.25) is 14.4 Å². The summed E-state index contributed by atoms with van der Waals surface area (Å²) in [6.45, 7) is 6.28. The predicted molar refractivity (Wildman–Crippen MR) is 334 cm³/mol. The molecule has 0 rings (SSSR count). The molecule has 0 radical (unpaired) electrons. The van der Waals surface area contributed by atoms with Gasteiger partial charge in [-0.15, -0.1) is 0 Å². The first-order valence-electron chi connectivity index (χ1n) is 30.3. The summed E-state index contributed by atoms with van der Waals surface area (Å²) < 4.78 is 16.7. The van der Waals surface area contributed by atoms with Crippen molar-refractivity contribution in [1.82, 2.24) is 0 Å². The van der Waals surface area contributed by atoms with Crippen molar-refractivity contribution in [2.75, 3.05) is 13.2 Å². The summed E-state index contributed by atoms with van der Waals surface area (Å²) in [6, 6.07) is 0. The van der Waals surface area contributed by atoms with Crippen LogP contribution in [0.5, 0.6) is 0 Å². The Bertz CT molecular complexity index is 1840. The van der Waals surface area contributed by atoms with Gasteiger partial charge in [-0.2, -0.15) is 0 Å². The maximum Gasteiger partial charge on any atom is 0.306 e. The van der Waals surface area contributed by atoms with Crippen molar-refractivity contribution in [2.24, 2.45) is 0 Å². The maximum absolute atomic E-state index is 12.8. The van der Waals surface area contributed by atoms with Gasteiger partial charge in [0.25, 0.3) is 0 Å². The first kappa shape index (κ1) is 71.5. The number of hydrogen-bond donors (Lipinski definition) is 0. The third kappa shape index (κ3) is 61.2. The fourth-order valence-corrected chi connectivity index (χ4v) is 7.45. The fraction of sp³-hybridized carbons (Fsp3) is 0.535. The number of hydrogen-bond acceptors (Lipinski definition) is 6. The largest absolute Gasteiger partial charge is 0.462 e. The molecule has 0 aromatic carbocycles. The highest BCUT2D eigenvalue weighted by atomic mass is 16.6. The topological polar surface area (TPSA) is 78.9 Å². The average molecular weight is 1060 g/mol. The second-order valence-corrected chi connectivity index (χ2v) is 19.1. The molecule has 0 bridgehead atoms. The number of ether oxygens (including phenoxy) is 3. The molecule has 0 saturated carbocycles. The molecular formula is C71H108O6. The molecule has 0 aromatic heterocycles. The SMILES string of the molecule is CC/C=C\C/C=C\C/C=C\C/C=C\C/C=C\C/C=C\C/C=C\C/C=C\C/C=C\CCCC(=O)OCC(COC(=O)CCCCCCCCCCC)OC(=O)CCCC/C=C\C/C=C\C/C=C\C/C=C\C/C=C\C/C=C\CC. The number of esters is 3. The van der Waals surface area contributed by atoms with E-state index in [1.165, 1.54) is 38.5 Å². The van der Waals surface area contributed by atoms with Crippen LogP contribution >= 0.6 is 0 Å². The Labute approximate surface area is 472 Å². The third-order valence-electron chi connectivity index (χ3n) is 11.9. The quantitative estimate of drug-likeness (QED) is 0.0261. The monoisotopic (exact) mass is 1060 g/mol. The Morgan fingerprint density at radius 3 is 0.844 bits per heavy atom. The van der Waals surface area contributed by atoms with Gasteiger partial charge >= 0.3 is 17.9 Å². The van der Waals surface area contributed by atoms with E-state index in [0.29, 0.717) is 19.3 Å². The highest BCUT2D eigenvalue weighted by Gasteiger charge is 2.19. The van der Waals surface area contributed by atoms with E-state index in [1.54, 1.807) is 0 Å². The van der Waals surface area contributed by atoms with E-state index >= 15 is 0 Å². The van der Waals surface area contributed by atoms with Gasteiger partial charge in [-0.1, -0.05) is 254 Å². The van der Waals surface area contributed by atoms with Gasteiger partial charge < -0.3 is 14.2 Å². The van der Waals surface area contributed by atoms with Crippen molar-refractivity contribution in [3.63, 3.8) is 0 Å². The van der Waals surface area contributed by atoms with Crippen LogP contribution < -0.4 is 0 Å². The maximum atomic E-state index is 12.8. The summed E-state index contributed by atoms with van der Waals surface area (Å²) in [6.07, 6.45) is 94.8. The molecule has 0 saturated heterocycles. The minimum Gasteiger partial charge on any atom is -0.462 e. The van der Waals surface area contributed by atoms with Crippen LogP contribution in [0, 0.1) is 0 Å². The second-order valence-electron chi connectivity index (χ2n) is 19.1. The lowest BCUT2D eigenvalue weighted by molar-refractivity contribution is -0.167. The molecule has 6 heteroatoms. The lowest BCUT2D eigenvalue weighted by Gasteiger charge is -2.18. The van der Waals surface area contributed by atoms with Crippen LogP contribution in [0.2, 0.25) is 0 Å². The zero-order valence-corrected chi connectivity index (χ0v) is 48.9. The molecule has 77 heavy (non-hydrogen) atoms. The Hall–Kier alpha value is -5.49. The minimum absolute atomic E-state index is 0.122. The van der Waals surface area contributed by atoms with Crippen LogP contribution in [0.3, 0.4) is 0 Å². The summed E-state index contributed by atoms with van der Waals surface area (Å²) in [4.78, 5) is 38.1. The molecule has 6 nitrogen and oxygen atoms in total. The Kier molecular flexibility index (Phi) is 58.6. The molecule has 0 aromatic rings. The van der Waals surface area contributed by atoms with E-state index in [9.17, 15) is 14.4 Å². The molecule has 0 amide bonds. The van der Waals surface area contributed by atoms with Gasteiger partial charge in [-0.05, 0) is 135 Å². The molecule has 0 heterocycles. The van der Waals surface area contributed by atoms with Gasteiger partial charge in [0.05, 0.1) is 0 Å². The minimum atomic E-state index is -0.833. The summed E-state index contributed by atoms with van der Waals surface area (Å²) in [5.74, 6) is -1.04. The van der Waals surface area contributed by atoms with E-state index in [4.69, 9.17) is 14.2 Å². The van der Waals surface area contributed by atoms with E-state index in [2.05, 4.69) is 203 Å². The molecule has 0 spiro atoms. The first-order chi connectivity index (χ1) is 38.0. The molecule has 428 valence electrons. The van der Waals surface area contributed by atoms with Gasteiger partial charge in [0.15, 0.2) is 6.10 Å². The normalized spacial score (nSPS) is 13.4. The standard InChI is InChI=1S/C71H108O6/c1-4-7-10-13-16-19-21-23-25-27-29-31-32-33-34-35-36-37-38-40-41-43-45-47-49-52-55-58-61-64-70(73)76-67-68(66-75-69(72)63-60-57-54-51-18-15-12-9-6-3)77-71(74)65-62-59-56-53-50-48-46-44-42-39-30-28-26-24-22-20-17-14-11-8-5-2/h7-8,10-11,16-17,19-20,23-26,29-31,33-34,36-37,39-41,44-47,50,52-53,55,68H,4-6,9,12-15,18,21-22,27-28,32,35,38,42-43,48-49,51,54,56-67H2,1-3H3/b10-7-,11-8-,19-16-,20-17-,25-23-,26-24-,31-29-,34-33-,37-36-,39-30-,41-40-,46-44-,47-45-,53-50-,55-52-. The predicted octanol–water partition coefficient (Wildman–Crippen LogP) is 20.9. The van der Waals surface area contributed by atoms with Crippen molar-refractivity contribution >= 4 is 17.9 Å². The van der Waals surface area contributed by atoms with Crippen LogP contribution in [0.15, 0.2) is 182 Å². The van der Waals surface area contributed by atoms with E-state index < -0.39 is 6.10 Å².